The molecule has 1 N–H and O–H groups in total. The molecule has 0 amide bonds. The normalized spacial score (nSPS) is 26.6. The molecule has 1 rings (SSSR count). The molecule has 0 radical (unpaired) electrons. The number of thiol groups is 1. The Morgan fingerprint density at radius 2 is 1.80 bits per heavy atom. The number of rotatable bonds is 1. The first-order chi connectivity index (χ1) is 4.64. The van der Waals surface area contributed by atoms with E-state index in [1.54, 1.807) is 0 Å². The first-order valence-corrected chi connectivity index (χ1v) is 4.35. The van der Waals surface area contributed by atoms with E-state index in [0.717, 1.165) is 0 Å². The third-order valence-corrected chi connectivity index (χ3v) is 2.75. The Morgan fingerprint density at radius 1 is 1.30 bits per heavy atom. The molecule has 1 saturated carbocycles. The quantitative estimate of drug-likeness (QED) is 0.559. The molecule has 0 aromatic heterocycles. The van der Waals surface area contributed by atoms with E-state index >= 15 is 0 Å². The second kappa shape index (κ2) is 2.95. The van der Waals surface area contributed by atoms with E-state index in [1.807, 2.05) is 0 Å². The molecule has 1 aliphatic carbocycles. The van der Waals surface area contributed by atoms with Crippen molar-refractivity contribution in [3.05, 3.63) is 0 Å². The summed E-state index contributed by atoms with van der Waals surface area (Å²) in [6.07, 6.45) is 1.03. The number of nitrogens with one attached hydrogen (secondary N) is 1. The lowest BCUT2D eigenvalue weighted by molar-refractivity contribution is -0.0324. The lowest BCUT2D eigenvalue weighted by Gasteiger charge is -2.25. The van der Waals surface area contributed by atoms with Crippen LogP contribution in [-0.2, 0) is 11.6 Å². The standard InChI is InChI=1S/C6H11F2NS/c7-6(8)3-1-5(10-9)2-4-6/h5,9-10H,1-4H2. The van der Waals surface area contributed by atoms with Gasteiger partial charge in [0.15, 0.2) is 0 Å². The molecule has 1 fully saturated rings. The molecule has 60 valence electrons. The van der Waals surface area contributed by atoms with Gasteiger partial charge in [-0.2, -0.15) is 0 Å². The van der Waals surface area contributed by atoms with Crippen molar-refractivity contribution in [1.82, 2.24) is 0 Å². The van der Waals surface area contributed by atoms with Crippen LogP contribution in [0.25, 0.3) is 0 Å². The fourth-order valence-electron chi connectivity index (χ4n) is 1.15. The number of hydrogen-bond donors (Lipinski definition) is 2. The van der Waals surface area contributed by atoms with E-state index in [-0.39, 0.29) is 18.1 Å². The van der Waals surface area contributed by atoms with E-state index in [4.69, 9.17) is 4.78 Å². The van der Waals surface area contributed by atoms with Crippen molar-refractivity contribution in [3.8, 4) is 0 Å². The molecular formula is C6H11F2NS. The van der Waals surface area contributed by atoms with Crippen LogP contribution in [-0.4, -0.2) is 11.2 Å². The highest BCUT2D eigenvalue weighted by Gasteiger charge is 2.33. The Hall–Kier alpha value is 0.01000. The molecule has 0 aromatic carbocycles. The van der Waals surface area contributed by atoms with Gasteiger partial charge in [-0.15, -0.1) is 11.6 Å². The molecule has 1 aliphatic rings. The van der Waals surface area contributed by atoms with Crippen LogP contribution in [0.2, 0.25) is 0 Å². The molecule has 10 heavy (non-hydrogen) atoms. The molecular weight excluding hydrogens is 156 g/mol. The first kappa shape index (κ1) is 8.11. The van der Waals surface area contributed by atoms with Crippen LogP contribution >= 0.6 is 0 Å². The highest BCUT2D eigenvalue weighted by Crippen LogP contribution is 2.33. The van der Waals surface area contributed by atoms with Gasteiger partial charge in [-0.05, 0) is 12.8 Å². The third-order valence-electron chi connectivity index (χ3n) is 1.87. The molecule has 0 atom stereocenters. The van der Waals surface area contributed by atoms with Gasteiger partial charge >= 0.3 is 0 Å². The zero-order valence-electron chi connectivity index (χ0n) is 5.61. The van der Waals surface area contributed by atoms with Gasteiger partial charge < -0.3 is 0 Å². The summed E-state index contributed by atoms with van der Waals surface area (Å²) in [4.78, 5) is 0. The number of alkyl halides is 2. The molecule has 1 nitrogen and oxygen atoms in total. The van der Waals surface area contributed by atoms with Crippen LogP contribution in [0, 0.1) is 4.78 Å². The lowest BCUT2D eigenvalue weighted by atomic mass is 9.96. The van der Waals surface area contributed by atoms with Crippen LogP contribution in [0.4, 0.5) is 8.78 Å². The van der Waals surface area contributed by atoms with Crippen molar-refractivity contribution in [2.24, 2.45) is 0 Å². The van der Waals surface area contributed by atoms with Crippen LogP contribution < -0.4 is 0 Å². The molecule has 0 saturated heterocycles. The monoisotopic (exact) mass is 167 g/mol. The second-order valence-corrected chi connectivity index (χ2v) is 3.70. The van der Waals surface area contributed by atoms with Crippen LogP contribution in [0.15, 0.2) is 0 Å². The minimum absolute atomic E-state index is 0.0104. The predicted octanol–water partition coefficient (Wildman–Crippen LogP) is 2.14. The maximum absolute atomic E-state index is 12.4. The Kier molecular flexibility index (Phi) is 2.39. The van der Waals surface area contributed by atoms with Gasteiger partial charge in [-0.25, -0.2) is 8.78 Å². The number of hydrogen-bond acceptors (Lipinski definition) is 1. The molecule has 0 unspecified atom stereocenters. The summed E-state index contributed by atoms with van der Waals surface area (Å²) in [7, 11) is 0. The SMILES string of the molecule is N=[SH]C1CCC(F)(F)CC1. The first-order valence-electron chi connectivity index (χ1n) is 3.38. The Bertz CT molecular complexity index is 128. The van der Waals surface area contributed by atoms with E-state index < -0.39 is 5.92 Å². The van der Waals surface area contributed by atoms with E-state index in [0.29, 0.717) is 24.4 Å². The van der Waals surface area contributed by atoms with Crippen molar-refractivity contribution in [3.63, 3.8) is 0 Å². The van der Waals surface area contributed by atoms with E-state index in [1.165, 1.54) is 0 Å². The summed E-state index contributed by atoms with van der Waals surface area (Å²) in [5, 5.41) is 0.208. The summed E-state index contributed by atoms with van der Waals surface area (Å²) < 4.78 is 31.9. The van der Waals surface area contributed by atoms with Crippen molar-refractivity contribution < 1.29 is 8.78 Å². The summed E-state index contributed by atoms with van der Waals surface area (Å²) in [5.74, 6) is -2.43. The van der Waals surface area contributed by atoms with Crippen LogP contribution in [0.1, 0.15) is 25.7 Å². The Morgan fingerprint density at radius 3 is 2.20 bits per heavy atom. The van der Waals surface area contributed by atoms with Gasteiger partial charge in [0.1, 0.15) is 0 Å². The zero-order valence-corrected chi connectivity index (χ0v) is 6.50. The van der Waals surface area contributed by atoms with Gasteiger partial charge in [0.25, 0.3) is 0 Å². The van der Waals surface area contributed by atoms with Crippen LogP contribution in [0.5, 0.6) is 0 Å². The van der Waals surface area contributed by atoms with E-state index in [9.17, 15) is 8.78 Å². The average molecular weight is 167 g/mol. The van der Waals surface area contributed by atoms with Gasteiger partial charge in [0.05, 0.1) is 0 Å². The maximum atomic E-state index is 12.4. The Labute approximate surface area is 62.7 Å². The topological polar surface area (TPSA) is 23.9 Å². The number of halogens is 2. The fourth-order valence-corrected chi connectivity index (χ4v) is 1.67. The third kappa shape index (κ3) is 2.01. The molecule has 0 aliphatic heterocycles. The smallest absolute Gasteiger partial charge is 0.248 e. The summed E-state index contributed by atoms with van der Waals surface area (Å²) in [6.45, 7) is 0. The zero-order chi connectivity index (χ0) is 7.61. The average Bonchev–Trinajstić information content (AvgIpc) is 1.88. The highest BCUT2D eigenvalue weighted by molar-refractivity contribution is 7.67. The fraction of sp³-hybridized carbons (Fsp3) is 1.00. The summed E-state index contributed by atoms with van der Waals surface area (Å²) >= 11 is 0.531. The highest BCUT2D eigenvalue weighted by atomic mass is 32.1. The molecule has 0 bridgehead atoms. The van der Waals surface area contributed by atoms with Gasteiger partial charge in [-0.1, -0.05) is 0 Å². The summed E-state index contributed by atoms with van der Waals surface area (Å²) in [5.41, 5.74) is 0. The van der Waals surface area contributed by atoms with Gasteiger partial charge in [0.2, 0.25) is 5.92 Å². The second-order valence-electron chi connectivity index (χ2n) is 2.72. The van der Waals surface area contributed by atoms with Crippen LogP contribution in [0.3, 0.4) is 0 Å². The van der Waals surface area contributed by atoms with Gasteiger partial charge in [-0.3, -0.25) is 4.78 Å². The largest absolute Gasteiger partial charge is 0.283 e. The van der Waals surface area contributed by atoms with Crippen molar-refractivity contribution in [2.75, 3.05) is 0 Å². The molecule has 0 heterocycles. The summed E-state index contributed by atoms with van der Waals surface area (Å²) in [6, 6.07) is 0. The molecule has 4 heteroatoms. The molecule has 0 spiro atoms. The minimum atomic E-state index is -2.43. The minimum Gasteiger partial charge on any atom is -0.283 e. The maximum Gasteiger partial charge on any atom is 0.248 e. The molecule has 0 aromatic rings. The van der Waals surface area contributed by atoms with Crippen molar-refractivity contribution in [2.45, 2.75) is 36.9 Å². The van der Waals surface area contributed by atoms with Crippen molar-refractivity contribution >= 4 is 11.6 Å². The Balaban J connectivity index is 2.38. The lowest BCUT2D eigenvalue weighted by Crippen LogP contribution is -2.26. The van der Waals surface area contributed by atoms with E-state index in [2.05, 4.69) is 0 Å². The van der Waals surface area contributed by atoms with Gasteiger partial charge in [0, 0.05) is 18.1 Å². The van der Waals surface area contributed by atoms with Crippen molar-refractivity contribution in [1.29, 1.82) is 4.78 Å². The predicted molar refractivity (Wildman–Crippen MR) is 38.7 cm³/mol.